The number of aliphatic imine (C=N–C) groups is 2. The van der Waals surface area contributed by atoms with Crippen LogP contribution in [-0.4, -0.2) is 37.3 Å². The van der Waals surface area contributed by atoms with Gasteiger partial charge in [-0.3, -0.25) is 9.98 Å². The van der Waals surface area contributed by atoms with Crippen LogP contribution in [0.15, 0.2) is 34.3 Å². The molecule has 0 saturated heterocycles. The molecule has 0 aliphatic carbocycles. The summed E-state index contributed by atoms with van der Waals surface area (Å²) in [6.45, 7) is 7.93. The number of nitrogens with one attached hydrogen (secondary N) is 1. The van der Waals surface area contributed by atoms with Crippen LogP contribution in [0.2, 0.25) is 0 Å². The van der Waals surface area contributed by atoms with Gasteiger partial charge in [-0.15, -0.1) is 0 Å². The first-order valence-corrected chi connectivity index (χ1v) is 6.97. The van der Waals surface area contributed by atoms with Gasteiger partial charge < -0.3 is 10.1 Å². The summed E-state index contributed by atoms with van der Waals surface area (Å²) < 4.78 is 5.19. The Kier molecular flexibility index (Phi) is 4.42. The summed E-state index contributed by atoms with van der Waals surface area (Å²) in [5, 5.41) is 3.46. The lowest BCUT2D eigenvalue weighted by Gasteiger charge is -2.23. The van der Waals surface area contributed by atoms with Crippen molar-refractivity contribution in [3.8, 4) is 5.75 Å². The van der Waals surface area contributed by atoms with Crippen molar-refractivity contribution in [2.45, 2.75) is 32.7 Å². The molecule has 0 bridgehead atoms. The van der Waals surface area contributed by atoms with E-state index in [9.17, 15) is 0 Å². The van der Waals surface area contributed by atoms with Crippen LogP contribution in [0.25, 0.3) is 0 Å². The predicted octanol–water partition coefficient (Wildman–Crippen LogP) is 2.67. The first-order chi connectivity index (χ1) is 9.48. The van der Waals surface area contributed by atoms with Gasteiger partial charge in [-0.25, -0.2) is 0 Å². The second-order valence-electron chi connectivity index (χ2n) is 5.94. The largest absolute Gasteiger partial charge is 0.497 e. The highest BCUT2D eigenvalue weighted by Gasteiger charge is 2.16. The maximum atomic E-state index is 5.19. The number of nitrogens with zero attached hydrogens (tertiary/aromatic N) is 2. The van der Waals surface area contributed by atoms with E-state index in [0.717, 1.165) is 42.4 Å². The number of hydrogen-bond acceptors (Lipinski definition) is 4. The molecule has 0 spiro atoms. The summed E-state index contributed by atoms with van der Waals surface area (Å²) in [7, 11) is 1.68. The van der Waals surface area contributed by atoms with Crippen LogP contribution in [0.1, 0.15) is 32.8 Å². The van der Waals surface area contributed by atoms with Crippen LogP contribution >= 0.6 is 0 Å². The van der Waals surface area contributed by atoms with E-state index in [0.29, 0.717) is 0 Å². The highest BCUT2D eigenvalue weighted by atomic mass is 16.5. The second kappa shape index (κ2) is 6.07. The van der Waals surface area contributed by atoms with Gasteiger partial charge in [0, 0.05) is 17.7 Å². The van der Waals surface area contributed by atoms with E-state index in [1.165, 1.54) is 0 Å². The molecule has 0 unspecified atom stereocenters. The molecule has 1 aliphatic heterocycles. The minimum absolute atomic E-state index is 0.0220. The molecule has 0 atom stereocenters. The molecule has 1 aromatic rings. The Morgan fingerprint density at radius 1 is 1.05 bits per heavy atom. The molecular weight excluding hydrogens is 250 g/mol. The van der Waals surface area contributed by atoms with Gasteiger partial charge in [0.25, 0.3) is 0 Å². The van der Waals surface area contributed by atoms with Gasteiger partial charge in [0.1, 0.15) is 11.6 Å². The van der Waals surface area contributed by atoms with E-state index in [1.54, 1.807) is 7.11 Å². The van der Waals surface area contributed by atoms with Crippen molar-refractivity contribution >= 4 is 11.5 Å². The molecular formula is C16H23N3O. The topological polar surface area (TPSA) is 46.0 Å². The van der Waals surface area contributed by atoms with Crippen LogP contribution in [0.4, 0.5) is 0 Å². The zero-order valence-corrected chi connectivity index (χ0v) is 12.7. The molecule has 1 N–H and O–H groups in total. The summed E-state index contributed by atoms with van der Waals surface area (Å²) in [6.07, 6.45) is 0.754. The summed E-state index contributed by atoms with van der Waals surface area (Å²) in [4.78, 5) is 9.23. The van der Waals surface area contributed by atoms with Gasteiger partial charge in [0.05, 0.1) is 20.2 Å². The lowest BCUT2D eigenvalue weighted by atomic mass is 10.0. The van der Waals surface area contributed by atoms with Crippen LogP contribution in [0.3, 0.4) is 0 Å². The third-order valence-corrected chi connectivity index (χ3v) is 2.98. The van der Waals surface area contributed by atoms with Crippen molar-refractivity contribution in [2.24, 2.45) is 9.98 Å². The van der Waals surface area contributed by atoms with E-state index in [2.05, 4.69) is 48.2 Å². The zero-order chi connectivity index (χ0) is 14.6. The van der Waals surface area contributed by atoms with Crippen LogP contribution in [-0.2, 0) is 0 Å². The first-order valence-electron chi connectivity index (χ1n) is 6.97. The standard InChI is InChI=1S/C16H23N3O/c1-16(2,3)19-15-11-14(17-9-10-18-15)12-5-7-13(20-4)8-6-12/h5-8H,9-11H2,1-4H3,(H,18,19). The van der Waals surface area contributed by atoms with E-state index in [4.69, 9.17) is 4.74 Å². The summed E-state index contributed by atoms with van der Waals surface area (Å²) in [5.74, 6) is 1.88. The van der Waals surface area contributed by atoms with Gasteiger partial charge in [-0.2, -0.15) is 0 Å². The third kappa shape index (κ3) is 4.08. The number of methoxy groups -OCH3 is 1. The molecule has 0 radical (unpaired) electrons. The van der Waals surface area contributed by atoms with Gasteiger partial charge in [0.2, 0.25) is 0 Å². The molecule has 4 nitrogen and oxygen atoms in total. The van der Waals surface area contributed by atoms with E-state index < -0.39 is 0 Å². The van der Waals surface area contributed by atoms with Crippen LogP contribution in [0.5, 0.6) is 5.75 Å². The number of amidine groups is 1. The zero-order valence-electron chi connectivity index (χ0n) is 12.7. The predicted molar refractivity (Wildman–Crippen MR) is 84.2 cm³/mol. The highest BCUT2D eigenvalue weighted by molar-refractivity contribution is 6.12. The quantitative estimate of drug-likeness (QED) is 0.900. The number of hydrogen-bond donors (Lipinski definition) is 1. The molecule has 20 heavy (non-hydrogen) atoms. The van der Waals surface area contributed by atoms with Gasteiger partial charge in [-0.1, -0.05) is 0 Å². The molecule has 108 valence electrons. The Hall–Kier alpha value is -1.84. The first kappa shape index (κ1) is 14.6. The van der Waals surface area contributed by atoms with Crippen molar-refractivity contribution < 1.29 is 4.74 Å². The summed E-state index contributed by atoms with van der Waals surface area (Å²) in [5.41, 5.74) is 2.24. The lowest BCUT2D eigenvalue weighted by Crippen LogP contribution is -2.41. The Bertz CT molecular complexity index is 510. The average molecular weight is 273 g/mol. The Morgan fingerprint density at radius 3 is 2.30 bits per heavy atom. The molecule has 2 rings (SSSR count). The van der Waals surface area contributed by atoms with Crippen molar-refractivity contribution in [2.75, 3.05) is 20.2 Å². The molecule has 1 aromatic carbocycles. The van der Waals surface area contributed by atoms with Gasteiger partial charge >= 0.3 is 0 Å². The Labute approximate surface area is 121 Å². The van der Waals surface area contributed by atoms with E-state index in [1.807, 2.05) is 12.1 Å². The SMILES string of the molecule is COc1ccc(C2=NCCN=C(NC(C)(C)C)C2)cc1. The fourth-order valence-corrected chi connectivity index (χ4v) is 2.13. The third-order valence-electron chi connectivity index (χ3n) is 2.98. The number of rotatable bonds is 2. The number of benzene rings is 1. The fourth-order valence-electron chi connectivity index (χ4n) is 2.13. The summed E-state index contributed by atoms with van der Waals surface area (Å²) in [6, 6.07) is 8.04. The maximum Gasteiger partial charge on any atom is 0.118 e. The van der Waals surface area contributed by atoms with E-state index in [-0.39, 0.29) is 5.54 Å². The molecule has 4 heteroatoms. The Balaban J connectivity index is 2.15. The molecule has 0 amide bonds. The minimum Gasteiger partial charge on any atom is -0.497 e. The minimum atomic E-state index is 0.0220. The van der Waals surface area contributed by atoms with Crippen molar-refractivity contribution in [3.63, 3.8) is 0 Å². The normalized spacial score (nSPS) is 16.0. The van der Waals surface area contributed by atoms with Crippen molar-refractivity contribution in [1.82, 2.24) is 5.32 Å². The van der Waals surface area contributed by atoms with Crippen molar-refractivity contribution in [1.29, 1.82) is 0 Å². The molecule has 0 aromatic heterocycles. The molecule has 1 aliphatic rings. The van der Waals surface area contributed by atoms with E-state index >= 15 is 0 Å². The van der Waals surface area contributed by atoms with Gasteiger partial charge in [-0.05, 0) is 50.6 Å². The molecule has 1 heterocycles. The lowest BCUT2D eigenvalue weighted by molar-refractivity contribution is 0.415. The molecule has 0 saturated carbocycles. The highest BCUT2D eigenvalue weighted by Crippen LogP contribution is 2.15. The Morgan fingerprint density at radius 2 is 1.70 bits per heavy atom. The summed E-state index contributed by atoms with van der Waals surface area (Å²) >= 11 is 0. The van der Waals surface area contributed by atoms with Crippen LogP contribution in [0, 0.1) is 0 Å². The van der Waals surface area contributed by atoms with Crippen molar-refractivity contribution in [3.05, 3.63) is 29.8 Å². The maximum absolute atomic E-state index is 5.19. The van der Waals surface area contributed by atoms with Gasteiger partial charge in [0.15, 0.2) is 0 Å². The molecule has 0 fully saturated rings. The second-order valence-corrected chi connectivity index (χ2v) is 5.94. The number of ether oxygens (including phenoxy) is 1. The smallest absolute Gasteiger partial charge is 0.118 e. The fraction of sp³-hybridized carbons (Fsp3) is 0.500. The average Bonchev–Trinajstić information content (AvgIpc) is 2.62. The van der Waals surface area contributed by atoms with Crippen LogP contribution < -0.4 is 10.1 Å². The monoisotopic (exact) mass is 273 g/mol.